The average Bonchev–Trinajstić information content (AvgIpc) is 2.44. The quantitative estimate of drug-likeness (QED) is 0.568. The van der Waals surface area contributed by atoms with Crippen molar-refractivity contribution in [3.05, 3.63) is 59.9 Å². The molecule has 1 aromatic rings. The Bertz CT molecular complexity index is 577. The van der Waals surface area contributed by atoms with E-state index >= 15 is 0 Å². The summed E-state index contributed by atoms with van der Waals surface area (Å²) in [5.41, 5.74) is 1.43. The Kier molecular flexibility index (Phi) is 6.12. The molecular formula is C17H19NO2. The number of benzene rings is 1. The maximum absolute atomic E-state index is 8.88. The molecule has 0 aliphatic carbocycles. The second-order valence-corrected chi connectivity index (χ2v) is 4.28. The van der Waals surface area contributed by atoms with Crippen molar-refractivity contribution >= 4 is 0 Å². The predicted molar refractivity (Wildman–Crippen MR) is 80.7 cm³/mol. The second kappa shape index (κ2) is 7.85. The minimum absolute atomic E-state index is 0.529. The van der Waals surface area contributed by atoms with Gasteiger partial charge >= 0.3 is 0 Å². The Morgan fingerprint density at radius 3 is 2.70 bits per heavy atom. The molecule has 3 heteroatoms. The Balaban J connectivity index is 3.08. The van der Waals surface area contributed by atoms with Gasteiger partial charge < -0.3 is 9.47 Å². The minimum atomic E-state index is 0.529. The maximum atomic E-state index is 8.88. The summed E-state index contributed by atoms with van der Waals surface area (Å²) in [7, 11) is 1.55. The number of ether oxygens (including phenoxy) is 2. The van der Waals surface area contributed by atoms with Crippen molar-refractivity contribution in [2.75, 3.05) is 7.11 Å². The number of rotatable bonds is 6. The van der Waals surface area contributed by atoms with Crippen molar-refractivity contribution in [3.63, 3.8) is 0 Å². The monoisotopic (exact) mass is 269 g/mol. The van der Waals surface area contributed by atoms with Crippen molar-refractivity contribution in [3.8, 4) is 17.6 Å². The van der Waals surface area contributed by atoms with Crippen LogP contribution in [-0.2, 0) is 0 Å². The molecular weight excluding hydrogens is 250 g/mol. The van der Waals surface area contributed by atoms with Crippen LogP contribution in [0.15, 0.2) is 54.3 Å². The van der Waals surface area contributed by atoms with Gasteiger partial charge in [-0.3, -0.25) is 0 Å². The largest absolute Gasteiger partial charge is 0.493 e. The summed E-state index contributed by atoms with van der Waals surface area (Å²) in [6.45, 7) is 7.80. The van der Waals surface area contributed by atoms with Gasteiger partial charge in [0.15, 0.2) is 11.5 Å². The van der Waals surface area contributed by atoms with Crippen molar-refractivity contribution in [2.24, 2.45) is 0 Å². The molecule has 20 heavy (non-hydrogen) atoms. The lowest BCUT2D eigenvalue weighted by molar-refractivity contribution is 0.367. The predicted octanol–water partition coefficient (Wildman–Crippen LogP) is 4.37. The molecule has 0 unspecified atom stereocenters. The third kappa shape index (κ3) is 4.66. The number of nitriles is 1. The molecule has 0 fully saturated rings. The summed E-state index contributed by atoms with van der Waals surface area (Å²) >= 11 is 0. The van der Waals surface area contributed by atoms with E-state index in [1.807, 2.05) is 25.2 Å². The zero-order valence-electron chi connectivity index (χ0n) is 12.1. The summed E-state index contributed by atoms with van der Waals surface area (Å²) in [6, 6.07) is 7.14. The van der Waals surface area contributed by atoms with Gasteiger partial charge in [-0.15, -0.1) is 0 Å². The van der Waals surface area contributed by atoms with Crippen LogP contribution in [0, 0.1) is 11.3 Å². The zero-order chi connectivity index (χ0) is 15.0. The van der Waals surface area contributed by atoms with E-state index in [0.717, 1.165) is 12.0 Å². The Labute approximate surface area is 120 Å². The fourth-order valence-electron chi connectivity index (χ4n) is 1.54. The van der Waals surface area contributed by atoms with Crippen LogP contribution in [0.3, 0.4) is 0 Å². The molecule has 0 radical (unpaired) electrons. The van der Waals surface area contributed by atoms with E-state index in [9.17, 15) is 0 Å². The van der Waals surface area contributed by atoms with Crippen molar-refractivity contribution < 1.29 is 9.47 Å². The lowest BCUT2D eigenvalue weighted by Gasteiger charge is -2.11. The fourth-order valence-corrected chi connectivity index (χ4v) is 1.54. The molecule has 0 spiro atoms. The number of methoxy groups -OCH3 is 1. The van der Waals surface area contributed by atoms with E-state index in [4.69, 9.17) is 14.7 Å². The van der Waals surface area contributed by atoms with Gasteiger partial charge in [0.05, 0.1) is 18.7 Å². The van der Waals surface area contributed by atoms with Gasteiger partial charge in [0.25, 0.3) is 0 Å². The van der Waals surface area contributed by atoms with Gasteiger partial charge in [-0.05, 0) is 37.6 Å². The highest BCUT2D eigenvalue weighted by molar-refractivity contribution is 5.48. The highest BCUT2D eigenvalue weighted by Gasteiger charge is 2.07. The first-order chi connectivity index (χ1) is 9.60. The van der Waals surface area contributed by atoms with Gasteiger partial charge in [0.2, 0.25) is 0 Å². The molecule has 0 aliphatic heterocycles. The molecule has 0 heterocycles. The standard InChI is InChI=1S/C17H19NO2/c1-5-6-7-15(10-13(2)3)20-16-9-8-14(12-18)11-17(16)19-4/h6-11H,2,5H2,1,3-4H3. The molecule has 0 aliphatic rings. The molecule has 0 atom stereocenters. The molecule has 0 amide bonds. The summed E-state index contributed by atoms with van der Waals surface area (Å²) in [5.74, 6) is 1.78. The van der Waals surface area contributed by atoms with E-state index in [1.165, 1.54) is 0 Å². The van der Waals surface area contributed by atoms with Crippen LogP contribution in [0.4, 0.5) is 0 Å². The summed E-state index contributed by atoms with van der Waals surface area (Å²) in [5, 5.41) is 8.88. The molecule has 1 rings (SSSR count). The van der Waals surface area contributed by atoms with Crippen molar-refractivity contribution in [1.82, 2.24) is 0 Å². The van der Waals surface area contributed by atoms with Crippen LogP contribution in [-0.4, -0.2) is 7.11 Å². The van der Waals surface area contributed by atoms with Crippen LogP contribution >= 0.6 is 0 Å². The average molecular weight is 269 g/mol. The fraction of sp³-hybridized carbons (Fsp3) is 0.235. The Morgan fingerprint density at radius 2 is 2.15 bits per heavy atom. The van der Waals surface area contributed by atoms with Crippen LogP contribution in [0.1, 0.15) is 25.8 Å². The number of hydrogen-bond donors (Lipinski definition) is 0. The summed E-state index contributed by atoms with van der Waals surface area (Å²) in [6.07, 6.45) is 6.67. The molecule has 3 nitrogen and oxygen atoms in total. The van der Waals surface area contributed by atoms with Crippen LogP contribution in [0.2, 0.25) is 0 Å². The van der Waals surface area contributed by atoms with Gasteiger partial charge in [-0.25, -0.2) is 0 Å². The van der Waals surface area contributed by atoms with Gasteiger partial charge in [-0.2, -0.15) is 5.26 Å². The molecule has 0 saturated carbocycles. The molecule has 1 aromatic carbocycles. The Hall–Kier alpha value is -2.47. The number of nitrogens with zero attached hydrogens (tertiary/aromatic N) is 1. The lowest BCUT2D eigenvalue weighted by Crippen LogP contribution is -1.96. The third-order valence-electron chi connectivity index (χ3n) is 2.43. The number of hydrogen-bond acceptors (Lipinski definition) is 3. The molecule has 0 aromatic heterocycles. The van der Waals surface area contributed by atoms with Crippen LogP contribution in [0.5, 0.6) is 11.5 Å². The van der Waals surface area contributed by atoms with Gasteiger partial charge in [0, 0.05) is 6.07 Å². The molecule has 0 N–H and O–H groups in total. The maximum Gasteiger partial charge on any atom is 0.169 e. The molecule has 104 valence electrons. The first kappa shape index (κ1) is 15.6. The minimum Gasteiger partial charge on any atom is -0.493 e. The zero-order valence-corrected chi connectivity index (χ0v) is 12.1. The highest BCUT2D eigenvalue weighted by atomic mass is 16.5. The normalized spacial score (nSPS) is 11.2. The molecule has 0 saturated heterocycles. The van der Waals surface area contributed by atoms with E-state index in [1.54, 1.807) is 25.3 Å². The van der Waals surface area contributed by atoms with Gasteiger partial charge in [-0.1, -0.05) is 25.2 Å². The lowest BCUT2D eigenvalue weighted by atomic mass is 10.2. The number of allylic oxidation sites excluding steroid dienone is 4. The van der Waals surface area contributed by atoms with Gasteiger partial charge in [0.1, 0.15) is 5.76 Å². The summed E-state index contributed by atoms with van der Waals surface area (Å²) in [4.78, 5) is 0. The van der Waals surface area contributed by atoms with E-state index in [2.05, 4.69) is 19.6 Å². The van der Waals surface area contributed by atoms with Crippen LogP contribution in [0.25, 0.3) is 0 Å². The second-order valence-electron chi connectivity index (χ2n) is 4.28. The SMILES string of the molecule is C=C(C)C=C(C=CCC)Oc1ccc(C#N)cc1OC. The van der Waals surface area contributed by atoms with E-state index in [0.29, 0.717) is 22.8 Å². The van der Waals surface area contributed by atoms with E-state index < -0.39 is 0 Å². The third-order valence-corrected chi connectivity index (χ3v) is 2.43. The van der Waals surface area contributed by atoms with Crippen LogP contribution < -0.4 is 9.47 Å². The first-order valence-electron chi connectivity index (χ1n) is 6.40. The summed E-state index contributed by atoms with van der Waals surface area (Å²) < 4.78 is 11.1. The Morgan fingerprint density at radius 1 is 1.40 bits per heavy atom. The first-order valence-corrected chi connectivity index (χ1v) is 6.40. The van der Waals surface area contributed by atoms with Crippen molar-refractivity contribution in [1.29, 1.82) is 5.26 Å². The smallest absolute Gasteiger partial charge is 0.169 e. The topological polar surface area (TPSA) is 42.2 Å². The molecule has 0 bridgehead atoms. The van der Waals surface area contributed by atoms with Crippen molar-refractivity contribution in [2.45, 2.75) is 20.3 Å². The highest BCUT2D eigenvalue weighted by Crippen LogP contribution is 2.29. The van der Waals surface area contributed by atoms with E-state index in [-0.39, 0.29) is 0 Å².